The van der Waals surface area contributed by atoms with Crippen LogP contribution in [0.1, 0.15) is 22.3 Å². The van der Waals surface area contributed by atoms with Gasteiger partial charge < -0.3 is 0 Å². The third-order valence-corrected chi connectivity index (χ3v) is 3.34. The average molecular weight is 308 g/mol. The topological polar surface area (TPSA) is 0 Å². The first-order valence-electron chi connectivity index (χ1n) is 6.93. The van der Waals surface area contributed by atoms with E-state index in [1.165, 1.54) is 17.7 Å². The average Bonchev–Trinajstić information content (AvgIpc) is 2.45. The van der Waals surface area contributed by atoms with Gasteiger partial charge in [0.05, 0.1) is 0 Å². The highest BCUT2D eigenvalue weighted by atomic mass is 19.4. The predicted molar refractivity (Wildman–Crippen MR) is 80.1 cm³/mol. The minimum Gasteiger partial charge on any atom is -0.206 e. The van der Waals surface area contributed by atoms with Crippen molar-refractivity contribution in [2.75, 3.05) is 0 Å². The number of alkyl halides is 3. The van der Waals surface area contributed by atoms with Crippen molar-refractivity contribution in [2.45, 2.75) is 25.9 Å². The molecular formula is C18H16F4. The molecule has 2 aromatic carbocycles. The van der Waals surface area contributed by atoms with Gasteiger partial charge >= 0.3 is 6.18 Å². The minimum atomic E-state index is -4.43. The van der Waals surface area contributed by atoms with Gasteiger partial charge in [0.1, 0.15) is 5.82 Å². The largest absolute Gasteiger partial charge is 0.409 e. The molecule has 2 rings (SSSR count). The number of halogens is 4. The van der Waals surface area contributed by atoms with Crippen molar-refractivity contribution >= 4 is 6.08 Å². The molecule has 0 fully saturated rings. The van der Waals surface area contributed by atoms with Crippen LogP contribution in [0.4, 0.5) is 17.6 Å². The van der Waals surface area contributed by atoms with Crippen molar-refractivity contribution in [3.05, 3.63) is 76.6 Å². The second-order valence-corrected chi connectivity index (χ2v) is 5.22. The fraction of sp³-hybridized carbons (Fsp3) is 0.222. The maximum atomic E-state index is 13.8. The maximum Gasteiger partial charge on any atom is 0.409 e. The molecule has 0 saturated heterocycles. The lowest BCUT2D eigenvalue weighted by molar-refractivity contribution is -0.0790. The van der Waals surface area contributed by atoms with Crippen LogP contribution < -0.4 is 0 Å². The first-order valence-corrected chi connectivity index (χ1v) is 6.93. The molecule has 0 N–H and O–H groups in total. The molecule has 0 aliphatic heterocycles. The highest BCUT2D eigenvalue weighted by molar-refractivity contribution is 5.51. The summed E-state index contributed by atoms with van der Waals surface area (Å²) in [5.41, 5.74) is 3.03. The molecule has 116 valence electrons. The molecule has 0 aliphatic carbocycles. The number of hydrogen-bond donors (Lipinski definition) is 0. The van der Waals surface area contributed by atoms with E-state index in [0.717, 1.165) is 23.6 Å². The minimum absolute atomic E-state index is 0.0391. The molecule has 0 amide bonds. The first-order chi connectivity index (χ1) is 10.3. The van der Waals surface area contributed by atoms with Crippen LogP contribution in [0.3, 0.4) is 0 Å². The highest BCUT2D eigenvalue weighted by Crippen LogP contribution is 2.20. The Labute approximate surface area is 127 Å². The fourth-order valence-corrected chi connectivity index (χ4v) is 2.09. The number of hydrogen-bond acceptors (Lipinski definition) is 0. The Morgan fingerprint density at radius 3 is 2.09 bits per heavy atom. The van der Waals surface area contributed by atoms with Crippen LogP contribution in [-0.2, 0) is 12.8 Å². The normalized spacial score (nSPS) is 12.0. The van der Waals surface area contributed by atoms with Gasteiger partial charge in [-0.1, -0.05) is 42.0 Å². The lowest BCUT2D eigenvalue weighted by Crippen LogP contribution is -2.00. The van der Waals surface area contributed by atoms with E-state index in [2.05, 4.69) is 0 Å². The zero-order chi connectivity index (χ0) is 16.2. The molecular weight excluding hydrogens is 292 g/mol. The summed E-state index contributed by atoms with van der Waals surface area (Å²) in [5, 5.41) is 0. The first kappa shape index (κ1) is 16.3. The van der Waals surface area contributed by atoms with E-state index in [1.807, 2.05) is 31.2 Å². The zero-order valence-electron chi connectivity index (χ0n) is 12.1. The Morgan fingerprint density at radius 1 is 0.909 bits per heavy atom. The molecule has 0 spiro atoms. The number of rotatable bonds is 4. The molecule has 0 radical (unpaired) electrons. The van der Waals surface area contributed by atoms with Crippen molar-refractivity contribution in [1.29, 1.82) is 0 Å². The number of aryl methyl sites for hydroxylation is 3. The van der Waals surface area contributed by atoms with Crippen LogP contribution >= 0.6 is 0 Å². The molecule has 0 aromatic heterocycles. The molecule has 0 bridgehead atoms. The third kappa shape index (κ3) is 5.02. The summed E-state index contributed by atoms with van der Waals surface area (Å²) >= 11 is 0. The fourth-order valence-electron chi connectivity index (χ4n) is 2.09. The van der Waals surface area contributed by atoms with Crippen LogP contribution in [0.15, 0.2) is 48.5 Å². The molecule has 22 heavy (non-hydrogen) atoms. The van der Waals surface area contributed by atoms with Gasteiger partial charge in [0.25, 0.3) is 0 Å². The van der Waals surface area contributed by atoms with Gasteiger partial charge in [-0.05, 0) is 43.0 Å². The van der Waals surface area contributed by atoms with Gasteiger partial charge in [0.2, 0.25) is 0 Å². The van der Waals surface area contributed by atoms with Gasteiger partial charge in [-0.15, -0.1) is 0 Å². The Balaban J connectivity index is 2.03. The Morgan fingerprint density at radius 2 is 1.50 bits per heavy atom. The van der Waals surface area contributed by atoms with E-state index in [9.17, 15) is 17.6 Å². The summed E-state index contributed by atoms with van der Waals surface area (Å²) in [7, 11) is 0. The number of allylic oxidation sites excluding steroid dienone is 1. The van der Waals surface area contributed by atoms with Crippen molar-refractivity contribution in [3.63, 3.8) is 0 Å². The molecule has 2 aromatic rings. The van der Waals surface area contributed by atoms with E-state index in [0.29, 0.717) is 6.42 Å². The van der Waals surface area contributed by atoms with E-state index in [4.69, 9.17) is 0 Å². The third-order valence-electron chi connectivity index (χ3n) is 3.34. The Bertz CT molecular complexity index is 652. The summed E-state index contributed by atoms with van der Waals surface area (Å²) in [6.45, 7) is 2.01. The molecule has 0 aliphatic rings. The SMILES string of the molecule is Cc1ccc(CCc2ccc(C=CC(F)(F)F)c(F)c2)cc1. The quantitative estimate of drug-likeness (QED) is 0.655. The lowest BCUT2D eigenvalue weighted by atomic mass is 10.0. The Kier molecular flexibility index (Phi) is 5.01. The van der Waals surface area contributed by atoms with E-state index >= 15 is 0 Å². The van der Waals surface area contributed by atoms with Crippen molar-refractivity contribution in [3.8, 4) is 0 Å². The molecule has 4 heteroatoms. The predicted octanol–water partition coefficient (Wildman–Crippen LogP) is 5.49. The van der Waals surface area contributed by atoms with Crippen LogP contribution in [0, 0.1) is 12.7 Å². The van der Waals surface area contributed by atoms with E-state index < -0.39 is 12.0 Å². The van der Waals surface area contributed by atoms with Gasteiger partial charge in [-0.2, -0.15) is 13.2 Å². The standard InChI is InChI=1S/C18H16F4/c1-13-2-4-14(5-3-13)6-7-15-8-9-16(17(19)12-15)10-11-18(20,21)22/h2-5,8-12H,6-7H2,1H3. The van der Waals surface area contributed by atoms with E-state index in [-0.39, 0.29) is 11.6 Å². The van der Waals surface area contributed by atoms with Crippen LogP contribution in [0.25, 0.3) is 6.08 Å². The highest BCUT2D eigenvalue weighted by Gasteiger charge is 2.22. The van der Waals surface area contributed by atoms with Gasteiger partial charge in [0, 0.05) is 11.6 Å². The van der Waals surface area contributed by atoms with Crippen LogP contribution in [0.2, 0.25) is 0 Å². The lowest BCUT2D eigenvalue weighted by Gasteiger charge is -2.05. The van der Waals surface area contributed by atoms with Crippen LogP contribution in [-0.4, -0.2) is 6.18 Å². The summed E-state index contributed by atoms with van der Waals surface area (Å²) in [4.78, 5) is 0. The van der Waals surface area contributed by atoms with Gasteiger partial charge in [0.15, 0.2) is 0 Å². The summed E-state index contributed by atoms with van der Waals surface area (Å²) in [6, 6.07) is 12.4. The van der Waals surface area contributed by atoms with Gasteiger partial charge in [-0.25, -0.2) is 4.39 Å². The molecule has 0 unspecified atom stereocenters. The van der Waals surface area contributed by atoms with Gasteiger partial charge in [-0.3, -0.25) is 0 Å². The smallest absolute Gasteiger partial charge is 0.206 e. The molecule has 0 atom stereocenters. The maximum absolute atomic E-state index is 13.8. The molecule has 0 nitrogen and oxygen atoms in total. The van der Waals surface area contributed by atoms with E-state index in [1.54, 1.807) is 6.07 Å². The molecule has 0 saturated carbocycles. The second-order valence-electron chi connectivity index (χ2n) is 5.22. The van der Waals surface area contributed by atoms with Crippen LogP contribution in [0.5, 0.6) is 0 Å². The second kappa shape index (κ2) is 6.77. The summed E-state index contributed by atoms with van der Waals surface area (Å²) in [6.07, 6.45) is -2.24. The number of benzene rings is 2. The zero-order valence-corrected chi connectivity index (χ0v) is 12.1. The van der Waals surface area contributed by atoms with Crippen molar-refractivity contribution < 1.29 is 17.6 Å². The van der Waals surface area contributed by atoms with Crippen molar-refractivity contribution in [1.82, 2.24) is 0 Å². The van der Waals surface area contributed by atoms with Crippen molar-refractivity contribution in [2.24, 2.45) is 0 Å². The summed E-state index contributed by atoms with van der Waals surface area (Å²) < 4.78 is 50.0. The monoisotopic (exact) mass is 308 g/mol. The Hall–Kier alpha value is -2.10. The molecule has 0 heterocycles. The summed E-state index contributed by atoms with van der Waals surface area (Å²) in [5.74, 6) is -0.637.